The van der Waals surface area contributed by atoms with Crippen molar-refractivity contribution in [2.24, 2.45) is 34.0 Å². The summed E-state index contributed by atoms with van der Waals surface area (Å²) < 4.78 is 0. The van der Waals surface area contributed by atoms with Crippen molar-refractivity contribution >= 4 is 65.0 Å². The van der Waals surface area contributed by atoms with Crippen LogP contribution < -0.4 is 38.5 Å². The molecule has 11 N–H and O–H groups in total. The number of amides is 8. The van der Waals surface area contributed by atoms with Crippen molar-refractivity contribution in [1.29, 1.82) is 0 Å². The summed E-state index contributed by atoms with van der Waals surface area (Å²) in [6.45, 7) is 7.29. The van der Waals surface area contributed by atoms with Crippen molar-refractivity contribution in [3.05, 3.63) is 0 Å². The third-order valence-electron chi connectivity index (χ3n) is 11.0. The van der Waals surface area contributed by atoms with Gasteiger partial charge in [0, 0.05) is 34.6 Å². The van der Waals surface area contributed by atoms with Crippen molar-refractivity contribution in [3.63, 3.8) is 0 Å². The van der Waals surface area contributed by atoms with Crippen molar-refractivity contribution in [3.8, 4) is 0 Å². The SMILES string of the molecule is CSCC[C@H](NC(=O)[C@H](C)N(C)C(=O)[C@H](CCCN=C(N)N)NC(=O)[C@H](CC1CCCCC1)NC(C)=O)C(=O)N(C)[C@@H](C)C(=O)N[C@@H](CO)C(=O)N(C)[C@@H](CC(C)C)C(N)=O. The number of guanidine groups is 1. The molecule has 0 heterocycles. The lowest BCUT2D eigenvalue weighted by atomic mass is 9.84. The first-order valence-electron chi connectivity index (χ1n) is 21.0. The predicted octanol–water partition coefficient (Wildman–Crippen LogP) is -1.23. The number of aliphatic hydroxyl groups excluding tert-OH is 1. The maximum atomic E-state index is 14.0. The van der Waals surface area contributed by atoms with Gasteiger partial charge in [0.25, 0.3) is 0 Å². The van der Waals surface area contributed by atoms with Gasteiger partial charge in [-0.25, -0.2) is 0 Å². The van der Waals surface area contributed by atoms with Crippen molar-refractivity contribution in [2.45, 2.75) is 141 Å². The number of aliphatic hydroxyl groups is 1. The predicted molar refractivity (Wildman–Crippen MR) is 234 cm³/mol. The summed E-state index contributed by atoms with van der Waals surface area (Å²) >= 11 is 1.42. The van der Waals surface area contributed by atoms with Crippen LogP contribution >= 0.6 is 11.8 Å². The Kier molecular flexibility index (Phi) is 24.3. The number of aliphatic imine (C=N–C) groups is 1. The molecular weight excluding hydrogens is 811 g/mol. The lowest BCUT2D eigenvalue weighted by Crippen LogP contribution is -2.60. The second kappa shape index (κ2) is 27.3. The number of carbonyl (C=O) groups excluding carboxylic acids is 8. The molecule has 0 unspecified atom stereocenters. The van der Waals surface area contributed by atoms with Gasteiger partial charge in [0.05, 0.1) is 6.61 Å². The Morgan fingerprint density at radius 2 is 1.20 bits per heavy atom. The van der Waals surface area contributed by atoms with Crippen LogP contribution in [0.25, 0.3) is 0 Å². The molecule has 0 bridgehead atoms. The summed E-state index contributed by atoms with van der Waals surface area (Å²) in [4.78, 5) is 114. The molecule has 20 nitrogen and oxygen atoms in total. The molecule has 8 amide bonds. The first-order valence-corrected chi connectivity index (χ1v) is 22.4. The van der Waals surface area contributed by atoms with Gasteiger partial charge in [-0.05, 0) is 69.8 Å². The Bertz CT molecular complexity index is 1520. The number of thioether (sulfide) groups is 1. The quantitative estimate of drug-likeness (QED) is 0.0288. The first-order chi connectivity index (χ1) is 28.6. The van der Waals surface area contributed by atoms with Crippen LogP contribution in [0.2, 0.25) is 0 Å². The largest absolute Gasteiger partial charge is 0.394 e. The smallest absolute Gasteiger partial charge is 0.247 e. The molecule has 0 spiro atoms. The standard InChI is InChI=1S/C40H73N11O9S/c1-23(2)20-32(33(41)54)51(8)39(60)31(22-52)48-35(56)25(4)50(7)38(59)29(17-19-61-9)46-34(55)24(3)49(6)37(58)28(16-13-18-44-40(42)43)47-36(57)30(45-26(5)53)21-27-14-11-10-12-15-27/h23-25,27-32,52H,10-22H2,1-9H3,(H2,41,54)(H,45,53)(H,46,55)(H,47,57)(H,48,56)(H4,42,43,44)/t24-,25-,28-,29-,30-,31-,32-/m0/s1. The van der Waals surface area contributed by atoms with Gasteiger partial charge in [-0.3, -0.25) is 43.3 Å². The van der Waals surface area contributed by atoms with E-state index in [-0.39, 0.29) is 49.5 Å². The molecular formula is C40H73N11O9S. The molecule has 1 fully saturated rings. The van der Waals surface area contributed by atoms with E-state index in [1.54, 1.807) is 0 Å². The van der Waals surface area contributed by atoms with Crippen LogP contribution in [0, 0.1) is 11.8 Å². The topological polar surface area (TPSA) is 305 Å². The summed E-state index contributed by atoms with van der Waals surface area (Å²) in [6.07, 6.45) is 8.14. The van der Waals surface area contributed by atoms with E-state index >= 15 is 0 Å². The van der Waals surface area contributed by atoms with E-state index in [1.807, 2.05) is 20.1 Å². The van der Waals surface area contributed by atoms with Crippen LogP contribution in [-0.2, 0) is 38.4 Å². The minimum atomic E-state index is -1.44. The molecule has 1 aliphatic carbocycles. The molecule has 0 aromatic carbocycles. The summed E-state index contributed by atoms with van der Waals surface area (Å²) in [5.74, 6) is -4.53. The second-order valence-corrected chi connectivity index (χ2v) is 17.3. The lowest BCUT2D eigenvalue weighted by molar-refractivity contribution is -0.145. The molecule has 1 rings (SSSR count). The minimum absolute atomic E-state index is 0.0150. The third kappa shape index (κ3) is 18.5. The van der Waals surface area contributed by atoms with E-state index in [2.05, 4.69) is 26.3 Å². The molecule has 61 heavy (non-hydrogen) atoms. The van der Waals surface area contributed by atoms with Crippen molar-refractivity contribution < 1.29 is 43.5 Å². The number of nitrogens with one attached hydrogen (secondary N) is 4. The van der Waals surface area contributed by atoms with E-state index < -0.39 is 90.3 Å². The van der Waals surface area contributed by atoms with E-state index in [9.17, 15) is 43.5 Å². The normalized spacial score (nSPS) is 16.3. The molecule has 7 atom stereocenters. The highest BCUT2D eigenvalue weighted by atomic mass is 32.2. The maximum absolute atomic E-state index is 14.0. The summed E-state index contributed by atoms with van der Waals surface area (Å²) in [7, 11) is 4.11. The zero-order chi connectivity index (χ0) is 46.6. The molecule has 0 saturated heterocycles. The van der Waals surface area contributed by atoms with Crippen molar-refractivity contribution in [1.82, 2.24) is 36.0 Å². The summed E-state index contributed by atoms with van der Waals surface area (Å²) in [5.41, 5.74) is 16.5. The number of rotatable bonds is 26. The highest BCUT2D eigenvalue weighted by Gasteiger charge is 2.37. The molecule has 1 saturated carbocycles. The number of carbonyl (C=O) groups is 8. The highest BCUT2D eigenvalue weighted by molar-refractivity contribution is 7.98. The van der Waals surface area contributed by atoms with Gasteiger partial charge >= 0.3 is 0 Å². The average Bonchev–Trinajstić information content (AvgIpc) is 3.21. The molecule has 348 valence electrons. The van der Waals surface area contributed by atoms with E-state index in [1.165, 1.54) is 53.7 Å². The van der Waals surface area contributed by atoms with Crippen LogP contribution in [0.4, 0.5) is 0 Å². The Morgan fingerprint density at radius 1 is 0.705 bits per heavy atom. The Morgan fingerprint density at radius 3 is 1.66 bits per heavy atom. The molecule has 0 aromatic heterocycles. The summed E-state index contributed by atoms with van der Waals surface area (Å²) in [5, 5.41) is 20.7. The second-order valence-electron chi connectivity index (χ2n) is 16.3. The Labute approximate surface area is 365 Å². The Balaban J connectivity index is 3.20. The number of hydrogen-bond acceptors (Lipinski definition) is 11. The van der Waals surface area contributed by atoms with Gasteiger partial charge in [-0.2, -0.15) is 11.8 Å². The van der Waals surface area contributed by atoms with Gasteiger partial charge in [-0.1, -0.05) is 46.0 Å². The monoisotopic (exact) mass is 884 g/mol. The van der Waals surface area contributed by atoms with Crippen molar-refractivity contribution in [2.75, 3.05) is 46.3 Å². The van der Waals surface area contributed by atoms with Crippen LogP contribution in [-0.4, -0.2) is 162 Å². The molecule has 0 radical (unpaired) electrons. The zero-order valence-corrected chi connectivity index (χ0v) is 38.3. The van der Waals surface area contributed by atoms with Crippen LogP contribution in [0.5, 0.6) is 0 Å². The van der Waals surface area contributed by atoms with Gasteiger partial charge in [0.1, 0.15) is 42.3 Å². The Hall–Kier alpha value is -4.66. The highest BCUT2D eigenvalue weighted by Crippen LogP contribution is 2.27. The molecule has 1 aliphatic rings. The van der Waals surface area contributed by atoms with Gasteiger partial charge in [0.2, 0.25) is 47.3 Å². The van der Waals surface area contributed by atoms with Gasteiger partial charge in [-0.15, -0.1) is 0 Å². The van der Waals surface area contributed by atoms with Crippen LogP contribution in [0.3, 0.4) is 0 Å². The molecule has 0 aliphatic heterocycles. The zero-order valence-electron chi connectivity index (χ0n) is 37.5. The molecule has 0 aromatic rings. The lowest BCUT2D eigenvalue weighted by Gasteiger charge is -2.33. The molecule has 21 heteroatoms. The minimum Gasteiger partial charge on any atom is -0.394 e. The van der Waals surface area contributed by atoms with Crippen LogP contribution in [0.15, 0.2) is 4.99 Å². The third-order valence-corrected chi connectivity index (χ3v) is 11.7. The van der Waals surface area contributed by atoms with Gasteiger partial charge < -0.3 is 58.3 Å². The fourth-order valence-corrected chi connectivity index (χ4v) is 7.54. The maximum Gasteiger partial charge on any atom is 0.247 e. The van der Waals surface area contributed by atoms with E-state index in [0.717, 1.165) is 46.8 Å². The van der Waals surface area contributed by atoms with E-state index in [4.69, 9.17) is 17.2 Å². The number of likely N-dealkylation sites (N-methyl/N-ethyl adjacent to an activating group) is 3. The average molecular weight is 884 g/mol. The number of nitrogens with two attached hydrogens (primary N) is 3. The van der Waals surface area contributed by atoms with Gasteiger partial charge in [0.15, 0.2) is 5.96 Å². The fourth-order valence-electron chi connectivity index (χ4n) is 7.07. The number of nitrogens with zero attached hydrogens (tertiary/aromatic N) is 4. The number of hydrogen-bond donors (Lipinski definition) is 8. The fraction of sp³-hybridized carbons (Fsp3) is 0.775. The summed E-state index contributed by atoms with van der Waals surface area (Å²) in [6, 6.07) is -7.85. The van der Waals surface area contributed by atoms with Crippen LogP contribution in [0.1, 0.15) is 98.8 Å². The number of primary amides is 1. The van der Waals surface area contributed by atoms with E-state index in [0.29, 0.717) is 18.6 Å². The first kappa shape index (κ1) is 54.4.